The van der Waals surface area contributed by atoms with Crippen molar-refractivity contribution in [3.05, 3.63) is 42.2 Å². The molecule has 128 valence electrons. The standard InChI is InChI=1S/C16H19N5O2.ClH/c1-10(11-8-18-9-11)16(23)19-12-2-4-13(5-3-12)21-7-6-14(20-21)15(17)22;/h2-7,10-11,18H,8-9H2,1H3,(H2,17,22)(H,19,23);1H. The summed E-state index contributed by atoms with van der Waals surface area (Å²) in [7, 11) is 0. The fourth-order valence-corrected chi connectivity index (χ4v) is 2.43. The molecule has 3 rings (SSSR count). The van der Waals surface area contributed by atoms with Crippen molar-refractivity contribution in [2.75, 3.05) is 18.4 Å². The predicted octanol–water partition coefficient (Wildman–Crippen LogP) is 1.19. The van der Waals surface area contributed by atoms with Crippen LogP contribution >= 0.6 is 12.4 Å². The molecule has 1 aromatic carbocycles. The molecule has 8 heteroatoms. The number of nitrogens with two attached hydrogens (primary N) is 1. The topological polar surface area (TPSA) is 102 Å². The van der Waals surface area contributed by atoms with Gasteiger partial charge in [0.15, 0.2) is 0 Å². The maximum absolute atomic E-state index is 12.2. The number of rotatable bonds is 5. The average molecular weight is 350 g/mol. The molecule has 1 fully saturated rings. The Morgan fingerprint density at radius 2 is 1.96 bits per heavy atom. The van der Waals surface area contributed by atoms with Crippen molar-refractivity contribution in [2.45, 2.75) is 6.92 Å². The van der Waals surface area contributed by atoms with E-state index in [1.165, 1.54) is 0 Å². The minimum Gasteiger partial charge on any atom is -0.364 e. The van der Waals surface area contributed by atoms with Gasteiger partial charge in [0, 0.05) is 17.8 Å². The van der Waals surface area contributed by atoms with Crippen LogP contribution in [0.2, 0.25) is 0 Å². The molecule has 2 amide bonds. The highest BCUT2D eigenvalue weighted by molar-refractivity contribution is 5.92. The molecule has 1 aromatic heterocycles. The SMILES string of the molecule is CC(C(=O)Nc1ccc(-n2ccc(C(N)=O)n2)cc1)C1CNC1.Cl. The number of amides is 2. The Morgan fingerprint density at radius 3 is 2.46 bits per heavy atom. The largest absolute Gasteiger partial charge is 0.364 e. The van der Waals surface area contributed by atoms with Crippen LogP contribution in [0.1, 0.15) is 17.4 Å². The third-order valence-corrected chi connectivity index (χ3v) is 4.17. The summed E-state index contributed by atoms with van der Waals surface area (Å²) in [6.07, 6.45) is 1.67. The molecule has 2 heterocycles. The number of primary amides is 1. The highest BCUT2D eigenvalue weighted by Gasteiger charge is 2.28. The van der Waals surface area contributed by atoms with Crippen molar-refractivity contribution in [3.8, 4) is 5.69 Å². The minimum absolute atomic E-state index is 0. The van der Waals surface area contributed by atoms with Crippen LogP contribution in [-0.4, -0.2) is 34.7 Å². The van der Waals surface area contributed by atoms with Crippen molar-refractivity contribution in [1.29, 1.82) is 0 Å². The Labute approximate surface area is 146 Å². The number of nitrogens with zero attached hydrogens (tertiary/aromatic N) is 2. The van der Waals surface area contributed by atoms with Crippen molar-refractivity contribution >= 4 is 29.9 Å². The second kappa shape index (κ2) is 7.46. The Bertz CT molecular complexity index is 724. The first-order valence-electron chi connectivity index (χ1n) is 7.52. The van der Waals surface area contributed by atoms with Gasteiger partial charge in [0.2, 0.25) is 5.91 Å². The number of anilines is 1. The van der Waals surface area contributed by atoms with Gasteiger partial charge in [0.25, 0.3) is 5.91 Å². The smallest absolute Gasteiger partial charge is 0.269 e. The molecule has 4 N–H and O–H groups in total. The van der Waals surface area contributed by atoms with Crippen LogP contribution in [0.3, 0.4) is 0 Å². The van der Waals surface area contributed by atoms with Crippen molar-refractivity contribution in [3.63, 3.8) is 0 Å². The van der Waals surface area contributed by atoms with E-state index in [9.17, 15) is 9.59 Å². The summed E-state index contributed by atoms with van der Waals surface area (Å²) in [5.41, 5.74) is 6.92. The first kappa shape index (κ1) is 18.0. The lowest BCUT2D eigenvalue weighted by Gasteiger charge is -2.31. The molecule has 0 aliphatic carbocycles. The van der Waals surface area contributed by atoms with Crippen molar-refractivity contribution in [1.82, 2.24) is 15.1 Å². The Hall–Kier alpha value is -2.38. The summed E-state index contributed by atoms with van der Waals surface area (Å²) < 4.78 is 1.56. The summed E-state index contributed by atoms with van der Waals surface area (Å²) in [4.78, 5) is 23.2. The molecule has 1 aliphatic rings. The normalized spacial score (nSPS) is 15.0. The van der Waals surface area contributed by atoms with Gasteiger partial charge in [-0.3, -0.25) is 9.59 Å². The molecule has 1 aliphatic heterocycles. The van der Waals surface area contributed by atoms with E-state index in [0.29, 0.717) is 5.92 Å². The molecule has 0 radical (unpaired) electrons. The average Bonchev–Trinajstić information content (AvgIpc) is 2.96. The van der Waals surface area contributed by atoms with Gasteiger partial charge < -0.3 is 16.4 Å². The number of halogens is 1. The maximum atomic E-state index is 12.2. The molecule has 1 atom stereocenters. The van der Waals surface area contributed by atoms with Gasteiger partial charge in [-0.25, -0.2) is 4.68 Å². The molecule has 1 unspecified atom stereocenters. The number of hydrogen-bond donors (Lipinski definition) is 3. The van der Waals surface area contributed by atoms with E-state index >= 15 is 0 Å². The fraction of sp³-hybridized carbons (Fsp3) is 0.312. The van der Waals surface area contributed by atoms with Crippen LogP contribution in [-0.2, 0) is 4.79 Å². The number of hydrogen-bond acceptors (Lipinski definition) is 4. The molecule has 0 saturated carbocycles. The van der Waals surface area contributed by atoms with Gasteiger partial charge in [0.05, 0.1) is 5.69 Å². The monoisotopic (exact) mass is 349 g/mol. The van der Waals surface area contributed by atoms with E-state index in [1.807, 2.05) is 31.2 Å². The number of benzene rings is 1. The summed E-state index contributed by atoms with van der Waals surface area (Å²) in [6, 6.07) is 8.83. The van der Waals surface area contributed by atoms with Crippen LogP contribution in [0, 0.1) is 11.8 Å². The van der Waals surface area contributed by atoms with Crippen molar-refractivity contribution < 1.29 is 9.59 Å². The molecule has 24 heavy (non-hydrogen) atoms. The third-order valence-electron chi connectivity index (χ3n) is 4.17. The van der Waals surface area contributed by atoms with E-state index in [-0.39, 0.29) is 29.9 Å². The second-order valence-electron chi connectivity index (χ2n) is 5.75. The van der Waals surface area contributed by atoms with E-state index < -0.39 is 5.91 Å². The molecule has 0 spiro atoms. The number of aromatic nitrogens is 2. The van der Waals surface area contributed by atoms with Crippen molar-refractivity contribution in [2.24, 2.45) is 17.6 Å². The van der Waals surface area contributed by atoms with E-state index in [0.717, 1.165) is 24.5 Å². The molecular formula is C16H20ClN5O2. The zero-order valence-corrected chi connectivity index (χ0v) is 14.0. The summed E-state index contributed by atoms with van der Waals surface area (Å²) in [6.45, 7) is 3.74. The molecule has 2 aromatic rings. The number of nitrogens with one attached hydrogen (secondary N) is 2. The summed E-state index contributed by atoms with van der Waals surface area (Å²) in [5.74, 6) is -0.141. The van der Waals surface area contributed by atoms with Crippen LogP contribution in [0.15, 0.2) is 36.5 Å². The first-order chi connectivity index (χ1) is 11.0. The minimum atomic E-state index is -0.563. The maximum Gasteiger partial charge on any atom is 0.269 e. The lowest BCUT2D eigenvalue weighted by atomic mass is 9.88. The Kier molecular flexibility index (Phi) is 5.58. The van der Waals surface area contributed by atoms with Gasteiger partial charge in [-0.05, 0) is 49.3 Å². The van der Waals surface area contributed by atoms with Crippen LogP contribution in [0.5, 0.6) is 0 Å². The lowest BCUT2D eigenvalue weighted by Crippen LogP contribution is -2.48. The van der Waals surface area contributed by atoms with E-state index in [2.05, 4.69) is 15.7 Å². The number of carbonyl (C=O) groups excluding carboxylic acids is 2. The van der Waals surface area contributed by atoms with Gasteiger partial charge in [0.1, 0.15) is 5.69 Å². The third kappa shape index (κ3) is 3.74. The van der Waals surface area contributed by atoms with E-state index in [1.54, 1.807) is 16.9 Å². The summed E-state index contributed by atoms with van der Waals surface area (Å²) >= 11 is 0. The van der Waals surface area contributed by atoms with Gasteiger partial charge >= 0.3 is 0 Å². The molecule has 7 nitrogen and oxygen atoms in total. The quantitative estimate of drug-likeness (QED) is 0.754. The zero-order chi connectivity index (χ0) is 16.4. The second-order valence-corrected chi connectivity index (χ2v) is 5.75. The molecule has 0 bridgehead atoms. The Balaban J connectivity index is 0.00000208. The van der Waals surface area contributed by atoms with Crippen LogP contribution in [0.4, 0.5) is 5.69 Å². The van der Waals surface area contributed by atoms with E-state index in [4.69, 9.17) is 5.73 Å². The number of carbonyl (C=O) groups is 2. The zero-order valence-electron chi connectivity index (χ0n) is 13.2. The first-order valence-corrected chi connectivity index (χ1v) is 7.52. The lowest BCUT2D eigenvalue weighted by molar-refractivity contribution is -0.121. The van der Waals surface area contributed by atoms with Crippen LogP contribution in [0.25, 0.3) is 5.69 Å². The molecular weight excluding hydrogens is 330 g/mol. The Morgan fingerprint density at radius 1 is 1.29 bits per heavy atom. The predicted molar refractivity (Wildman–Crippen MR) is 93.5 cm³/mol. The highest BCUT2D eigenvalue weighted by Crippen LogP contribution is 2.19. The molecule has 1 saturated heterocycles. The van der Waals surface area contributed by atoms with Gasteiger partial charge in [-0.2, -0.15) is 5.10 Å². The fourth-order valence-electron chi connectivity index (χ4n) is 2.43. The highest BCUT2D eigenvalue weighted by atomic mass is 35.5. The van der Waals surface area contributed by atoms with Gasteiger partial charge in [-0.1, -0.05) is 6.92 Å². The summed E-state index contributed by atoms with van der Waals surface area (Å²) in [5, 5.41) is 10.2. The van der Waals surface area contributed by atoms with Gasteiger partial charge in [-0.15, -0.1) is 12.4 Å². The van der Waals surface area contributed by atoms with Crippen LogP contribution < -0.4 is 16.4 Å².